The summed E-state index contributed by atoms with van der Waals surface area (Å²) in [5, 5.41) is 7.57. The summed E-state index contributed by atoms with van der Waals surface area (Å²) in [5.74, 6) is -1.08. The molecule has 0 aromatic heterocycles. The van der Waals surface area contributed by atoms with E-state index in [9.17, 15) is 19.2 Å². The number of benzene rings is 2. The van der Waals surface area contributed by atoms with Crippen LogP contribution in [0, 0.1) is 0 Å². The molecule has 10 nitrogen and oxygen atoms in total. The van der Waals surface area contributed by atoms with Crippen molar-refractivity contribution in [3.05, 3.63) is 65.7 Å². The van der Waals surface area contributed by atoms with Crippen molar-refractivity contribution in [2.75, 3.05) is 13.2 Å². The molecule has 3 amide bonds. The highest BCUT2D eigenvalue weighted by atomic mass is 16.6. The first-order valence-corrected chi connectivity index (χ1v) is 12.5. The number of hydrogen-bond acceptors (Lipinski definition) is 7. The zero-order valence-corrected chi connectivity index (χ0v) is 22.5. The molecule has 0 aliphatic heterocycles. The summed E-state index contributed by atoms with van der Waals surface area (Å²) in [6, 6.07) is 14.9. The van der Waals surface area contributed by atoms with E-state index in [0.717, 1.165) is 11.1 Å². The van der Waals surface area contributed by atoms with Crippen LogP contribution < -0.4 is 20.7 Å². The van der Waals surface area contributed by atoms with Gasteiger partial charge in [-0.25, -0.2) is 4.79 Å². The van der Waals surface area contributed by atoms with E-state index in [-0.39, 0.29) is 19.6 Å². The molecule has 10 heteroatoms. The Morgan fingerprint density at radius 1 is 0.868 bits per heavy atom. The SMILES string of the molecule is CCOC(=O)CNC(=O)[C@H](C)NC(=O)[C@H](Cc1ccc(OCc2ccccc2)cc1)NC(=O)OC(C)(C)C. The molecule has 206 valence electrons. The van der Waals surface area contributed by atoms with Gasteiger partial charge in [-0.2, -0.15) is 0 Å². The van der Waals surface area contributed by atoms with Crippen molar-refractivity contribution in [2.45, 2.75) is 65.3 Å². The van der Waals surface area contributed by atoms with Crippen LogP contribution in [0.25, 0.3) is 0 Å². The number of carbonyl (C=O) groups is 4. The van der Waals surface area contributed by atoms with Crippen LogP contribution in [0.15, 0.2) is 54.6 Å². The smallest absolute Gasteiger partial charge is 0.408 e. The number of carbonyl (C=O) groups excluding carboxylic acids is 4. The van der Waals surface area contributed by atoms with E-state index in [2.05, 4.69) is 16.0 Å². The third kappa shape index (κ3) is 11.3. The van der Waals surface area contributed by atoms with Gasteiger partial charge in [0.05, 0.1) is 6.61 Å². The van der Waals surface area contributed by atoms with Gasteiger partial charge in [-0.15, -0.1) is 0 Å². The van der Waals surface area contributed by atoms with Crippen molar-refractivity contribution >= 4 is 23.9 Å². The number of ether oxygens (including phenoxy) is 3. The minimum Gasteiger partial charge on any atom is -0.489 e. The van der Waals surface area contributed by atoms with Gasteiger partial charge in [-0.1, -0.05) is 42.5 Å². The summed E-state index contributed by atoms with van der Waals surface area (Å²) in [7, 11) is 0. The van der Waals surface area contributed by atoms with Gasteiger partial charge in [0, 0.05) is 6.42 Å². The number of alkyl carbamates (subject to hydrolysis) is 1. The average Bonchev–Trinajstić information content (AvgIpc) is 2.86. The lowest BCUT2D eigenvalue weighted by molar-refractivity contribution is -0.143. The van der Waals surface area contributed by atoms with Crippen LogP contribution in [0.5, 0.6) is 5.75 Å². The third-order valence-corrected chi connectivity index (χ3v) is 5.08. The fourth-order valence-corrected chi connectivity index (χ4v) is 3.26. The molecule has 0 saturated heterocycles. The van der Waals surface area contributed by atoms with E-state index < -0.39 is 41.6 Å². The summed E-state index contributed by atoms with van der Waals surface area (Å²) >= 11 is 0. The molecule has 0 heterocycles. The first-order chi connectivity index (χ1) is 18.0. The van der Waals surface area contributed by atoms with Gasteiger partial charge in [0.2, 0.25) is 11.8 Å². The molecule has 2 atom stereocenters. The number of hydrogen-bond donors (Lipinski definition) is 3. The maximum atomic E-state index is 13.1. The first kappa shape index (κ1) is 30.1. The quantitative estimate of drug-likeness (QED) is 0.362. The monoisotopic (exact) mass is 527 g/mol. The Hall–Kier alpha value is -4.08. The molecule has 0 saturated carbocycles. The number of amides is 3. The van der Waals surface area contributed by atoms with Crippen LogP contribution in [0.1, 0.15) is 45.7 Å². The predicted molar refractivity (Wildman–Crippen MR) is 141 cm³/mol. The van der Waals surface area contributed by atoms with E-state index >= 15 is 0 Å². The molecule has 0 aliphatic rings. The van der Waals surface area contributed by atoms with Crippen molar-refractivity contribution in [3.63, 3.8) is 0 Å². The zero-order valence-electron chi connectivity index (χ0n) is 22.5. The van der Waals surface area contributed by atoms with Gasteiger partial charge in [0.15, 0.2) is 0 Å². The molecular weight excluding hydrogens is 490 g/mol. The Morgan fingerprint density at radius 2 is 1.53 bits per heavy atom. The van der Waals surface area contributed by atoms with Crippen LogP contribution >= 0.6 is 0 Å². The molecule has 0 aliphatic carbocycles. The Bertz CT molecular complexity index is 1070. The summed E-state index contributed by atoms with van der Waals surface area (Å²) in [4.78, 5) is 49.3. The summed E-state index contributed by atoms with van der Waals surface area (Å²) in [5.41, 5.74) is 1.03. The largest absolute Gasteiger partial charge is 0.489 e. The molecule has 0 fully saturated rings. The second-order valence-electron chi connectivity index (χ2n) is 9.57. The van der Waals surface area contributed by atoms with Crippen LogP contribution in [0.4, 0.5) is 4.79 Å². The summed E-state index contributed by atoms with van der Waals surface area (Å²) in [6.45, 7) is 8.57. The highest BCUT2D eigenvalue weighted by Crippen LogP contribution is 2.16. The van der Waals surface area contributed by atoms with E-state index in [1.165, 1.54) is 6.92 Å². The van der Waals surface area contributed by atoms with Crippen molar-refractivity contribution in [1.29, 1.82) is 0 Å². The fourth-order valence-electron chi connectivity index (χ4n) is 3.26. The van der Waals surface area contributed by atoms with Gasteiger partial charge >= 0.3 is 12.1 Å². The molecule has 38 heavy (non-hydrogen) atoms. The van der Waals surface area contributed by atoms with E-state index in [0.29, 0.717) is 12.4 Å². The normalized spacial score (nSPS) is 12.4. The van der Waals surface area contributed by atoms with Crippen molar-refractivity contribution in [1.82, 2.24) is 16.0 Å². The molecule has 2 aromatic rings. The molecule has 2 rings (SSSR count). The molecule has 2 aromatic carbocycles. The second-order valence-corrected chi connectivity index (χ2v) is 9.57. The number of rotatable bonds is 12. The first-order valence-electron chi connectivity index (χ1n) is 12.5. The van der Waals surface area contributed by atoms with Crippen LogP contribution in [0.2, 0.25) is 0 Å². The van der Waals surface area contributed by atoms with E-state index in [4.69, 9.17) is 14.2 Å². The zero-order chi connectivity index (χ0) is 28.1. The van der Waals surface area contributed by atoms with Crippen molar-refractivity contribution < 1.29 is 33.4 Å². The Labute approximate surface area is 223 Å². The lowest BCUT2D eigenvalue weighted by Gasteiger charge is -2.24. The van der Waals surface area contributed by atoms with Crippen LogP contribution in [-0.2, 0) is 36.9 Å². The molecule has 3 N–H and O–H groups in total. The molecular formula is C28H37N3O7. The standard InChI is InChI=1S/C28H37N3O7/c1-6-36-24(32)17-29-25(33)19(2)30-26(34)23(31-27(35)38-28(3,4)5)16-20-12-14-22(15-13-20)37-18-21-10-8-7-9-11-21/h7-15,19,23H,6,16-18H2,1-5H3,(H,29,33)(H,30,34)(H,31,35)/t19-,23-/m0/s1. The Balaban J connectivity index is 2.03. The van der Waals surface area contributed by atoms with Crippen LogP contribution in [-0.4, -0.2) is 54.7 Å². The number of esters is 1. The van der Waals surface area contributed by atoms with Crippen molar-refractivity contribution in [2.24, 2.45) is 0 Å². The van der Waals surface area contributed by atoms with E-state index in [1.54, 1.807) is 52.0 Å². The minimum absolute atomic E-state index is 0.140. The number of nitrogens with one attached hydrogen (secondary N) is 3. The average molecular weight is 528 g/mol. The third-order valence-electron chi connectivity index (χ3n) is 5.08. The van der Waals surface area contributed by atoms with Gasteiger partial charge < -0.3 is 30.2 Å². The lowest BCUT2D eigenvalue weighted by atomic mass is 10.0. The highest BCUT2D eigenvalue weighted by Gasteiger charge is 2.27. The molecule has 0 spiro atoms. The van der Waals surface area contributed by atoms with E-state index in [1.807, 2.05) is 30.3 Å². The molecule has 0 radical (unpaired) electrons. The predicted octanol–water partition coefficient (Wildman–Crippen LogP) is 2.89. The maximum Gasteiger partial charge on any atom is 0.408 e. The molecule has 0 bridgehead atoms. The van der Waals surface area contributed by atoms with Gasteiger partial charge in [-0.3, -0.25) is 14.4 Å². The summed E-state index contributed by atoms with van der Waals surface area (Å²) in [6.07, 6.45) is -0.624. The summed E-state index contributed by atoms with van der Waals surface area (Å²) < 4.78 is 15.9. The van der Waals surface area contributed by atoms with Crippen molar-refractivity contribution in [3.8, 4) is 5.75 Å². The highest BCUT2D eigenvalue weighted by molar-refractivity contribution is 5.92. The van der Waals surface area contributed by atoms with Crippen LogP contribution in [0.3, 0.4) is 0 Å². The van der Waals surface area contributed by atoms with Gasteiger partial charge in [0.25, 0.3) is 0 Å². The minimum atomic E-state index is -1.03. The topological polar surface area (TPSA) is 132 Å². The Morgan fingerprint density at radius 3 is 2.13 bits per heavy atom. The molecule has 0 unspecified atom stereocenters. The van der Waals surface area contributed by atoms with Gasteiger partial charge in [-0.05, 0) is 57.9 Å². The maximum absolute atomic E-state index is 13.1. The fraction of sp³-hybridized carbons (Fsp3) is 0.429. The Kier molecular flexibility index (Phi) is 11.6. The lowest BCUT2D eigenvalue weighted by Crippen LogP contribution is -2.54. The second kappa shape index (κ2) is 14.6. The van der Waals surface area contributed by atoms with Gasteiger partial charge in [0.1, 0.15) is 36.6 Å².